The van der Waals surface area contributed by atoms with Crippen LogP contribution in [0, 0.1) is 5.41 Å². The van der Waals surface area contributed by atoms with Gasteiger partial charge in [0.2, 0.25) is 5.91 Å². The molecule has 0 aliphatic heterocycles. The molecule has 0 saturated heterocycles. The molecule has 0 rings (SSSR count). The SMILES string of the molecule is CCCCCCCCCCCCCCCCOC(=O)NC(CCCNC(=N)N)C(=O)NCCCCCCCC. The van der Waals surface area contributed by atoms with Crippen molar-refractivity contribution in [3.63, 3.8) is 0 Å². The van der Waals surface area contributed by atoms with Gasteiger partial charge in [-0.15, -0.1) is 0 Å². The largest absolute Gasteiger partial charge is 0.450 e. The quantitative estimate of drug-likeness (QED) is 0.0394. The number of ether oxygens (including phenoxy) is 1. The zero-order chi connectivity index (χ0) is 28.8. The Morgan fingerprint density at radius 2 is 1.08 bits per heavy atom. The summed E-state index contributed by atoms with van der Waals surface area (Å²) in [5.74, 6) is -0.278. The van der Waals surface area contributed by atoms with E-state index in [1.54, 1.807) is 0 Å². The standard InChI is InChI=1S/C31H63N5O3/c1-3-5-7-9-11-12-13-14-15-16-17-18-20-22-27-39-31(38)36-28(24-23-26-35-30(32)33)29(37)34-25-21-19-10-8-6-4-2/h28H,3-27H2,1-2H3,(H,34,37)(H,36,38)(H4,32,33,35). The first-order chi connectivity index (χ1) is 19.0. The molecule has 230 valence electrons. The van der Waals surface area contributed by atoms with Crippen molar-refractivity contribution >= 4 is 18.0 Å². The molecule has 0 spiro atoms. The number of alkyl carbamates (subject to hydrolysis) is 1. The van der Waals surface area contributed by atoms with Gasteiger partial charge in [0.1, 0.15) is 6.04 Å². The molecule has 0 aliphatic rings. The molecule has 8 heteroatoms. The van der Waals surface area contributed by atoms with Gasteiger partial charge in [-0.3, -0.25) is 10.2 Å². The van der Waals surface area contributed by atoms with Crippen LogP contribution in [0.3, 0.4) is 0 Å². The minimum absolute atomic E-state index is 0.0976. The molecule has 39 heavy (non-hydrogen) atoms. The second kappa shape index (κ2) is 29.0. The summed E-state index contributed by atoms with van der Waals surface area (Å²) < 4.78 is 5.36. The fourth-order valence-electron chi connectivity index (χ4n) is 4.68. The van der Waals surface area contributed by atoms with Crippen LogP contribution >= 0.6 is 0 Å². The molecule has 6 N–H and O–H groups in total. The Bertz CT molecular complexity index is 589. The minimum Gasteiger partial charge on any atom is -0.450 e. The van der Waals surface area contributed by atoms with Crippen LogP contribution in [0.25, 0.3) is 0 Å². The van der Waals surface area contributed by atoms with E-state index in [4.69, 9.17) is 15.9 Å². The fourth-order valence-corrected chi connectivity index (χ4v) is 4.68. The third kappa shape index (κ3) is 27.4. The van der Waals surface area contributed by atoms with Gasteiger partial charge in [0.15, 0.2) is 5.96 Å². The maximum absolute atomic E-state index is 12.7. The van der Waals surface area contributed by atoms with E-state index in [-0.39, 0.29) is 11.9 Å². The van der Waals surface area contributed by atoms with E-state index in [0.29, 0.717) is 32.5 Å². The predicted octanol–water partition coefficient (Wildman–Crippen LogP) is 7.30. The number of nitrogens with two attached hydrogens (primary N) is 1. The second-order valence-electron chi connectivity index (χ2n) is 11.0. The maximum atomic E-state index is 12.7. The first-order valence-electron chi connectivity index (χ1n) is 16.3. The fraction of sp³-hybridized carbons (Fsp3) is 0.903. The molecule has 8 nitrogen and oxygen atoms in total. The van der Waals surface area contributed by atoms with E-state index in [1.165, 1.54) is 103 Å². The molecule has 1 unspecified atom stereocenters. The topological polar surface area (TPSA) is 129 Å². The maximum Gasteiger partial charge on any atom is 0.407 e. The summed E-state index contributed by atoms with van der Waals surface area (Å²) >= 11 is 0. The highest BCUT2D eigenvalue weighted by Gasteiger charge is 2.20. The Kier molecular flexibility index (Phi) is 27.5. The lowest BCUT2D eigenvalue weighted by molar-refractivity contribution is -0.123. The predicted molar refractivity (Wildman–Crippen MR) is 164 cm³/mol. The van der Waals surface area contributed by atoms with Crippen LogP contribution in [0.5, 0.6) is 0 Å². The van der Waals surface area contributed by atoms with Crippen LogP contribution in [-0.4, -0.2) is 43.7 Å². The van der Waals surface area contributed by atoms with Crippen molar-refractivity contribution in [2.75, 3.05) is 19.7 Å². The average molecular weight is 554 g/mol. The number of carbonyl (C=O) groups excluding carboxylic acids is 2. The van der Waals surface area contributed by atoms with Crippen molar-refractivity contribution in [2.24, 2.45) is 5.73 Å². The van der Waals surface area contributed by atoms with E-state index in [2.05, 4.69) is 29.8 Å². The number of nitrogens with one attached hydrogen (secondary N) is 4. The lowest BCUT2D eigenvalue weighted by atomic mass is 10.0. The van der Waals surface area contributed by atoms with E-state index in [9.17, 15) is 9.59 Å². The number of amides is 2. The van der Waals surface area contributed by atoms with Gasteiger partial charge in [-0.2, -0.15) is 0 Å². The lowest BCUT2D eigenvalue weighted by Gasteiger charge is -2.18. The van der Waals surface area contributed by atoms with Crippen LogP contribution in [0.1, 0.15) is 155 Å². The third-order valence-corrected chi connectivity index (χ3v) is 7.15. The molecule has 0 fully saturated rings. The normalized spacial score (nSPS) is 11.6. The first-order valence-corrected chi connectivity index (χ1v) is 16.3. The number of guanidine groups is 1. The Morgan fingerprint density at radius 1 is 0.641 bits per heavy atom. The van der Waals surface area contributed by atoms with E-state index >= 15 is 0 Å². The average Bonchev–Trinajstić information content (AvgIpc) is 2.91. The summed E-state index contributed by atoms with van der Waals surface area (Å²) in [6.45, 7) is 5.93. The molecule has 0 saturated carbocycles. The molecule has 0 bridgehead atoms. The van der Waals surface area contributed by atoms with Crippen LogP contribution in [0.15, 0.2) is 0 Å². The second-order valence-corrected chi connectivity index (χ2v) is 11.0. The van der Waals surface area contributed by atoms with Crippen molar-refractivity contribution in [1.29, 1.82) is 5.41 Å². The van der Waals surface area contributed by atoms with Crippen molar-refractivity contribution in [2.45, 2.75) is 161 Å². The molecular formula is C31H63N5O3. The molecule has 0 aromatic heterocycles. The highest BCUT2D eigenvalue weighted by Crippen LogP contribution is 2.13. The van der Waals surface area contributed by atoms with Gasteiger partial charge in [-0.1, -0.05) is 129 Å². The molecule has 0 heterocycles. The Hall–Kier alpha value is -1.99. The molecular weight excluding hydrogens is 490 g/mol. The van der Waals surface area contributed by atoms with Crippen LogP contribution in [-0.2, 0) is 9.53 Å². The zero-order valence-corrected chi connectivity index (χ0v) is 25.6. The molecule has 1 atom stereocenters. The molecule has 0 radical (unpaired) electrons. The third-order valence-electron chi connectivity index (χ3n) is 7.15. The monoisotopic (exact) mass is 553 g/mol. The molecule has 0 aliphatic carbocycles. The summed E-state index contributed by atoms with van der Waals surface area (Å²) in [7, 11) is 0. The first kappa shape index (κ1) is 37.0. The Morgan fingerprint density at radius 3 is 1.56 bits per heavy atom. The van der Waals surface area contributed by atoms with E-state index < -0.39 is 12.1 Å². The van der Waals surface area contributed by atoms with Crippen molar-refractivity contribution in [1.82, 2.24) is 16.0 Å². The van der Waals surface area contributed by atoms with Gasteiger partial charge in [-0.05, 0) is 25.7 Å². The molecule has 0 aromatic carbocycles. The summed E-state index contributed by atoms with van der Waals surface area (Å²) in [5.41, 5.74) is 5.33. The minimum atomic E-state index is -0.650. The van der Waals surface area contributed by atoms with Gasteiger partial charge in [0.05, 0.1) is 6.61 Å². The van der Waals surface area contributed by atoms with Crippen LogP contribution in [0.4, 0.5) is 4.79 Å². The van der Waals surface area contributed by atoms with Crippen molar-refractivity contribution < 1.29 is 14.3 Å². The summed E-state index contributed by atoms with van der Waals surface area (Å²) in [4.78, 5) is 25.0. The van der Waals surface area contributed by atoms with Crippen molar-refractivity contribution in [3.8, 4) is 0 Å². The van der Waals surface area contributed by atoms with Crippen LogP contribution < -0.4 is 21.7 Å². The number of rotatable bonds is 28. The zero-order valence-electron chi connectivity index (χ0n) is 25.6. The van der Waals surface area contributed by atoms with Gasteiger partial charge < -0.3 is 26.4 Å². The number of hydrogen-bond donors (Lipinski definition) is 5. The smallest absolute Gasteiger partial charge is 0.407 e. The lowest BCUT2D eigenvalue weighted by Crippen LogP contribution is -2.47. The van der Waals surface area contributed by atoms with Gasteiger partial charge in [0.25, 0.3) is 0 Å². The van der Waals surface area contributed by atoms with Crippen molar-refractivity contribution in [3.05, 3.63) is 0 Å². The van der Waals surface area contributed by atoms with Gasteiger partial charge in [-0.25, -0.2) is 4.79 Å². The highest BCUT2D eigenvalue weighted by atomic mass is 16.5. The summed E-state index contributed by atoms with van der Waals surface area (Å²) in [5, 5.41) is 15.7. The van der Waals surface area contributed by atoms with Gasteiger partial charge >= 0.3 is 6.09 Å². The summed E-state index contributed by atoms with van der Waals surface area (Å²) in [6, 6.07) is -0.650. The van der Waals surface area contributed by atoms with Gasteiger partial charge in [0, 0.05) is 13.1 Å². The highest BCUT2D eigenvalue weighted by molar-refractivity contribution is 5.85. The summed E-state index contributed by atoms with van der Waals surface area (Å²) in [6.07, 6.45) is 25.5. The number of hydrogen-bond acceptors (Lipinski definition) is 4. The van der Waals surface area contributed by atoms with E-state index in [1.807, 2.05) is 0 Å². The molecule has 0 aromatic rings. The number of unbranched alkanes of at least 4 members (excludes halogenated alkanes) is 18. The Balaban J connectivity index is 3.97. The molecule has 2 amide bonds. The van der Waals surface area contributed by atoms with E-state index in [0.717, 1.165) is 25.7 Å². The Labute approximate surface area is 240 Å². The van der Waals surface area contributed by atoms with Crippen LogP contribution in [0.2, 0.25) is 0 Å². The number of carbonyl (C=O) groups is 2.